The Morgan fingerprint density at radius 2 is 1.93 bits per heavy atom. The molecular weight excluding hydrogens is 450 g/mol. The van der Waals surface area contributed by atoms with Crippen LogP contribution in [-0.2, 0) is 16.1 Å². The number of esters is 1. The van der Waals surface area contributed by atoms with Gasteiger partial charge in [-0.05, 0) is 48.9 Å². The van der Waals surface area contributed by atoms with Crippen LogP contribution in [0.25, 0.3) is 6.08 Å². The van der Waals surface area contributed by atoms with Crippen LogP contribution >= 0.6 is 15.9 Å². The van der Waals surface area contributed by atoms with E-state index in [2.05, 4.69) is 20.9 Å². The number of aliphatic imine (C=N–C) groups is 1. The highest BCUT2D eigenvalue weighted by Gasteiger charge is 2.25. The minimum atomic E-state index is -0.534. The molecule has 0 amide bonds. The van der Waals surface area contributed by atoms with Gasteiger partial charge in [-0.1, -0.05) is 40.2 Å². The van der Waals surface area contributed by atoms with Gasteiger partial charge in [0, 0.05) is 10.0 Å². The lowest BCUT2D eigenvalue weighted by Gasteiger charge is -2.13. The summed E-state index contributed by atoms with van der Waals surface area (Å²) in [6.07, 6.45) is 3.13. The average molecular weight is 468 g/mol. The number of hydrogen-bond donors (Lipinski definition) is 0. The van der Waals surface area contributed by atoms with E-state index in [0.29, 0.717) is 30.5 Å². The van der Waals surface area contributed by atoms with E-state index in [1.807, 2.05) is 43.3 Å². The Balaban J connectivity index is 1.56. The van der Waals surface area contributed by atoms with Gasteiger partial charge in [0.1, 0.15) is 6.61 Å². The summed E-state index contributed by atoms with van der Waals surface area (Å²) in [7, 11) is 0. The highest BCUT2D eigenvalue weighted by molar-refractivity contribution is 9.10. The molecular formula is C23H18BrNO5. The van der Waals surface area contributed by atoms with Crippen LogP contribution in [0, 0.1) is 0 Å². The van der Waals surface area contributed by atoms with Crippen LogP contribution in [-0.4, -0.2) is 18.5 Å². The summed E-state index contributed by atoms with van der Waals surface area (Å²) < 4.78 is 23.1. The Morgan fingerprint density at radius 1 is 1.07 bits per heavy atom. The Labute approximate surface area is 181 Å². The maximum Gasteiger partial charge on any atom is 0.363 e. The molecule has 6 nitrogen and oxygen atoms in total. The zero-order valence-corrected chi connectivity index (χ0v) is 17.7. The minimum Gasteiger partial charge on any atom is -0.490 e. The van der Waals surface area contributed by atoms with Crippen molar-refractivity contribution >= 4 is 33.9 Å². The van der Waals surface area contributed by atoms with Gasteiger partial charge in [0.25, 0.3) is 5.90 Å². The van der Waals surface area contributed by atoms with Crippen LogP contribution in [0.1, 0.15) is 23.8 Å². The zero-order chi connectivity index (χ0) is 20.9. The monoisotopic (exact) mass is 467 g/mol. The number of cyclic esters (lactones) is 1. The van der Waals surface area contributed by atoms with Crippen molar-refractivity contribution in [3.05, 3.63) is 87.9 Å². The van der Waals surface area contributed by atoms with E-state index in [1.165, 1.54) is 6.26 Å². The molecule has 0 saturated heterocycles. The highest BCUT2D eigenvalue weighted by Crippen LogP contribution is 2.31. The normalized spacial score (nSPS) is 14.5. The van der Waals surface area contributed by atoms with E-state index in [1.54, 1.807) is 24.3 Å². The summed E-state index contributed by atoms with van der Waals surface area (Å²) in [5.74, 6) is 1.21. The SMILES string of the molecule is CCOc1cc(/C=C2\N=C(c3ccco3)OC2=O)ccc1OCc1ccccc1Br. The summed E-state index contributed by atoms with van der Waals surface area (Å²) in [4.78, 5) is 16.4. The molecule has 1 aliphatic rings. The second-order valence-corrected chi connectivity index (χ2v) is 7.19. The molecule has 1 aliphatic heterocycles. The largest absolute Gasteiger partial charge is 0.490 e. The third-order valence-corrected chi connectivity index (χ3v) is 5.04. The Morgan fingerprint density at radius 3 is 2.70 bits per heavy atom. The number of carbonyl (C=O) groups is 1. The molecule has 0 N–H and O–H groups in total. The number of rotatable bonds is 7. The average Bonchev–Trinajstić information content (AvgIpc) is 3.39. The predicted octanol–water partition coefficient (Wildman–Crippen LogP) is 5.36. The van der Waals surface area contributed by atoms with Crippen LogP contribution < -0.4 is 9.47 Å². The smallest absolute Gasteiger partial charge is 0.363 e. The van der Waals surface area contributed by atoms with Gasteiger partial charge in [-0.25, -0.2) is 9.79 Å². The van der Waals surface area contributed by atoms with Gasteiger partial charge < -0.3 is 18.6 Å². The van der Waals surface area contributed by atoms with Crippen LogP contribution in [0.3, 0.4) is 0 Å². The molecule has 30 heavy (non-hydrogen) atoms. The minimum absolute atomic E-state index is 0.148. The quantitative estimate of drug-likeness (QED) is 0.345. The third-order valence-electron chi connectivity index (χ3n) is 4.26. The van der Waals surface area contributed by atoms with Crippen LogP contribution in [0.2, 0.25) is 0 Å². The molecule has 2 aromatic carbocycles. The van der Waals surface area contributed by atoms with Crippen LogP contribution in [0.5, 0.6) is 11.5 Å². The summed E-state index contributed by atoms with van der Waals surface area (Å²) in [5.41, 5.74) is 1.95. The van der Waals surface area contributed by atoms with Crippen molar-refractivity contribution in [3.8, 4) is 11.5 Å². The summed E-state index contributed by atoms with van der Waals surface area (Å²) in [6, 6.07) is 16.7. The van der Waals surface area contributed by atoms with Gasteiger partial charge in [-0.3, -0.25) is 0 Å². The Kier molecular flexibility index (Phi) is 5.99. The van der Waals surface area contributed by atoms with Gasteiger partial charge in [-0.2, -0.15) is 0 Å². The van der Waals surface area contributed by atoms with Crippen molar-refractivity contribution in [2.45, 2.75) is 13.5 Å². The summed E-state index contributed by atoms with van der Waals surface area (Å²) >= 11 is 3.52. The molecule has 4 rings (SSSR count). The number of hydrogen-bond acceptors (Lipinski definition) is 6. The molecule has 0 unspecified atom stereocenters. The molecule has 0 bridgehead atoms. The maximum absolute atomic E-state index is 12.1. The van der Waals surface area contributed by atoms with Crippen LogP contribution in [0.15, 0.2) is 80.4 Å². The topological polar surface area (TPSA) is 70.3 Å². The Bertz CT molecular complexity index is 1120. The summed E-state index contributed by atoms with van der Waals surface area (Å²) in [6.45, 7) is 2.77. The van der Waals surface area contributed by atoms with E-state index >= 15 is 0 Å². The molecule has 0 aliphatic carbocycles. The van der Waals surface area contributed by atoms with Gasteiger partial charge in [0.15, 0.2) is 23.0 Å². The van der Waals surface area contributed by atoms with E-state index in [-0.39, 0.29) is 11.6 Å². The first-order valence-corrected chi connectivity index (χ1v) is 10.1. The van der Waals surface area contributed by atoms with Crippen molar-refractivity contribution < 1.29 is 23.4 Å². The molecule has 3 aromatic rings. The number of nitrogens with zero attached hydrogens (tertiary/aromatic N) is 1. The lowest BCUT2D eigenvalue weighted by atomic mass is 10.1. The van der Waals surface area contributed by atoms with Crippen molar-refractivity contribution in [2.75, 3.05) is 6.61 Å². The van der Waals surface area contributed by atoms with E-state index in [0.717, 1.165) is 15.6 Å². The predicted molar refractivity (Wildman–Crippen MR) is 115 cm³/mol. The number of carbonyl (C=O) groups excluding carboxylic acids is 1. The first-order chi connectivity index (χ1) is 14.6. The summed E-state index contributed by atoms with van der Waals surface area (Å²) in [5, 5.41) is 0. The molecule has 1 aromatic heterocycles. The van der Waals surface area contributed by atoms with E-state index in [9.17, 15) is 4.79 Å². The molecule has 0 spiro atoms. The molecule has 2 heterocycles. The first-order valence-electron chi connectivity index (χ1n) is 9.33. The van der Waals surface area contributed by atoms with Gasteiger partial charge >= 0.3 is 5.97 Å². The van der Waals surface area contributed by atoms with Gasteiger partial charge in [0.05, 0.1) is 12.9 Å². The fourth-order valence-electron chi connectivity index (χ4n) is 2.85. The zero-order valence-electron chi connectivity index (χ0n) is 16.1. The number of benzene rings is 2. The maximum atomic E-state index is 12.1. The number of ether oxygens (including phenoxy) is 3. The molecule has 0 fully saturated rings. The lowest BCUT2D eigenvalue weighted by Crippen LogP contribution is -2.04. The first kappa shape index (κ1) is 20.0. The third kappa shape index (κ3) is 4.46. The van der Waals surface area contributed by atoms with Crippen LogP contribution in [0.4, 0.5) is 0 Å². The highest BCUT2D eigenvalue weighted by atomic mass is 79.9. The fraction of sp³-hybridized carbons (Fsp3) is 0.130. The standard InChI is InChI=1S/C23H18BrNO5/c1-2-27-21-13-15(9-10-19(21)29-14-16-6-3-4-7-17(16)24)12-18-23(26)30-22(25-18)20-8-5-11-28-20/h3-13H,2,14H2,1H3/b18-12-. The molecule has 152 valence electrons. The second kappa shape index (κ2) is 9.00. The Hall–Kier alpha value is -3.32. The van der Waals surface area contributed by atoms with Crippen molar-refractivity contribution in [3.63, 3.8) is 0 Å². The van der Waals surface area contributed by atoms with Crippen molar-refractivity contribution in [1.82, 2.24) is 0 Å². The molecule has 0 atom stereocenters. The second-order valence-electron chi connectivity index (χ2n) is 6.33. The number of halogens is 1. The van der Waals surface area contributed by atoms with E-state index < -0.39 is 5.97 Å². The molecule has 7 heteroatoms. The van der Waals surface area contributed by atoms with Crippen molar-refractivity contribution in [1.29, 1.82) is 0 Å². The van der Waals surface area contributed by atoms with Gasteiger partial charge in [-0.15, -0.1) is 0 Å². The lowest BCUT2D eigenvalue weighted by molar-refractivity contribution is -0.130. The van der Waals surface area contributed by atoms with E-state index in [4.69, 9.17) is 18.6 Å². The molecule has 0 saturated carbocycles. The van der Waals surface area contributed by atoms with Gasteiger partial charge in [0.2, 0.25) is 0 Å². The fourth-order valence-corrected chi connectivity index (χ4v) is 3.24. The van der Waals surface area contributed by atoms with Crippen molar-refractivity contribution in [2.24, 2.45) is 4.99 Å². The number of furan rings is 1. The molecule has 0 radical (unpaired) electrons.